The first-order chi connectivity index (χ1) is 15.9. The Hall–Kier alpha value is -2.95. The Bertz CT molecular complexity index is 830. The summed E-state index contributed by atoms with van der Waals surface area (Å²) in [6, 6.07) is 5.19. The van der Waals surface area contributed by atoms with E-state index in [2.05, 4.69) is 20.7 Å². The van der Waals surface area contributed by atoms with Gasteiger partial charge in [-0.1, -0.05) is 0 Å². The van der Waals surface area contributed by atoms with Crippen LogP contribution in [0.5, 0.6) is 5.75 Å². The summed E-state index contributed by atoms with van der Waals surface area (Å²) in [5.74, 6) is -0.647. The number of rotatable bonds is 9. The number of anilines is 1. The van der Waals surface area contributed by atoms with E-state index in [9.17, 15) is 23.2 Å². The molecule has 1 aromatic carbocycles. The molecule has 0 aliphatic carbocycles. The Kier molecular flexibility index (Phi) is 10.0. The molecule has 1 saturated heterocycles. The average Bonchev–Trinajstić information content (AvgIpc) is 2.76. The molecule has 2 unspecified atom stereocenters. The van der Waals surface area contributed by atoms with Crippen LogP contribution in [0.1, 0.15) is 40.5 Å². The van der Waals surface area contributed by atoms with E-state index in [0.717, 1.165) is 6.42 Å². The predicted molar refractivity (Wildman–Crippen MR) is 123 cm³/mol. The molecule has 1 fully saturated rings. The third-order valence-corrected chi connectivity index (χ3v) is 5.19. The van der Waals surface area contributed by atoms with Crippen molar-refractivity contribution in [3.63, 3.8) is 0 Å². The summed E-state index contributed by atoms with van der Waals surface area (Å²) in [5.41, 5.74) is -0.129. The van der Waals surface area contributed by atoms with Crippen molar-refractivity contribution in [1.82, 2.24) is 15.5 Å². The standard InChI is InChI=1S/C23H34F2N4O5/c1-15(19(30)28-17-7-9-18(10-8-17)33-21(24)25)29-13-5-6-16(14-29)20(31)26-11-12-27-22(32)34-23(2,3)4/h7-10,15-16,21H,5-6,11-14H2,1-4H3,(H,26,31)(H,27,32)(H,28,30). The molecule has 0 radical (unpaired) electrons. The molecule has 0 bridgehead atoms. The van der Waals surface area contributed by atoms with Gasteiger partial charge in [-0.2, -0.15) is 8.78 Å². The van der Waals surface area contributed by atoms with Crippen molar-refractivity contribution in [3.05, 3.63) is 24.3 Å². The fourth-order valence-electron chi connectivity index (χ4n) is 3.51. The highest BCUT2D eigenvalue weighted by Gasteiger charge is 2.30. The summed E-state index contributed by atoms with van der Waals surface area (Å²) in [5, 5.41) is 8.16. The summed E-state index contributed by atoms with van der Waals surface area (Å²) < 4.78 is 34.0. The second-order valence-electron chi connectivity index (χ2n) is 9.12. The van der Waals surface area contributed by atoms with Gasteiger partial charge in [-0.3, -0.25) is 14.5 Å². The largest absolute Gasteiger partial charge is 0.444 e. The molecule has 9 nitrogen and oxygen atoms in total. The van der Waals surface area contributed by atoms with E-state index in [-0.39, 0.29) is 36.6 Å². The number of carbonyl (C=O) groups excluding carboxylic acids is 3. The molecule has 2 rings (SSSR count). The number of alkyl carbamates (subject to hydrolysis) is 1. The number of halogens is 2. The van der Waals surface area contributed by atoms with Crippen molar-refractivity contribution in [2.45, 2.75) is 58.8 Å². The van der Waals surface area contributed by atoms with E-state index in [1.807, 2.05) is 4.90 Å². The van der Waals surface area contributed by atoms with E-state index >= 15 is 0 Å². The number of piperidine rings is 1. The zero-order valence-corrected chi connectivity index (χ0v) is 20.0. The minimum atomic E-state index is -2.91. The van der Waals surface area contributed by atoms with Gasteiger partial charge in [-0.05, 0) is 71.3 Å². The zero-order valence-electron chi connectivity index (χ0n) is 20.0. The molecule has 3 amide bonds. The van der Waals surface area contributed by atoms with E-state index in [1.54, 1.807) is 27.7 Å². The van der Waals surface area contributed by atoms with E-state index in [1.165, 1.54) is 24.3 Å². The predicted octanol–water partition coefficient (Wildman–Crippen LogP) is 2.97. The molecular weight excluding hydrogens is 450 g/mol. The van der Waals surface area contributed by atoms with E-state index in [4.69, 9.17) is 4.74 Å². The molecule has 2 atom stereocenters. The lowest BCUT2D eigenvalue weighted by molar-refractivity contribution is -0.129. The fourth-order valence-corrected chi connectivity index (χ4v) is 3.51. The summed E-state index contributed by atoms with van der Waals surface area (Å²) in [4.78, 5) is 38.8. The first kappa shape index (κ1) is 27.3. The smallest absolute Gasteiger partial charge is 0.407 e. The fraction of sp³-hybridized carbons (Fsp3) is 0.609. The summed E-state index contributed by atoms with van der Waals surface area (Å²) in [7, 11) is 0. The Morgan fingerprint density at radius 3 is 2.38 bits per heavy atom. The summed E-state index contributed by atoms with van der Waals surface area (Å²) in [6.07, 6.45) is 0.939. The van der Waals surface area contributed by atoms with Gasteiger partial charge in [0.25, 0.3) is 0 Å². The Morgan fingerprint density at radius 2 is 1.76 bits per heavy atom. The highest BCUT2D eigenvalue weighted by atomic mass is 19.3. The van der Waals surface area contributed by atoms with Gasteiger partial charge in [-0.25, -0.2) is 4.79 Å². The number of nitrogens with zero attached hydrogens (tertiary/aromatic N) is 1. The first-order valence-electron chi connectivity index (χ1n) is 11.3. The van der Waals surface area contributed by atoms with Gasteiger partial charge in [0.05, 0.1) is 12.0 Å². The molecule has 190 valence electrons. The minimum Gasteiger partial charge on any atom is -0.444 e. The number of carbonyl (C=O) groups is 3. The van der Waals surface area contributed by atoms with Crippen LogP contribution in [-0.4, -0.2) is 67.2 Å². The molecular formula is C23H34F2N4O5. The molecule has 1 aliphatic rings. The van der Waals surface area contributed by atoms with Gasteiger partial charge in [0.15, 0.2) is 0 Å². The van der Waals surface area contributed by atoms with Crippen LogP contribution in [0.25, 0.3) is 0 Å². The van der Waals surface area contributed by atoms with Crippen LogP contribution in [-0.2, 0) is 14.3 Å². The van der Waals surface area contributed by atoms with Crippen LogP contribution in [0.4, 0.5) is 19.3 Å². The number of nitrogens with one attached hydrogen (secondary N) is 3. The molecule has 0 aromatic heterocycles. The number of hydrogen-bond acceptors (Lipinski definition) is 6. The van der Waals surface area contributed by atoms with Crippen LogP contribution in [0.3, 0.4) is 0 Å². The van der Waals surface area contributed by atoms with Gasteiger partial charge in [-0.15, -0.1) is 0 Å². The maximum Gasteiger partial charge on any atom is 0.407 e. The van der Waals surface area contributed by atoms with Gasteiger partial charge in [0, 0.05) is 25.3 Å². The Labute approximate surface area is 198 Å². The Morgan fingerprint density at radius 1 is 1.12 bits per heavy atom. The second-order valence-corrected chi connectivity index (χ2v) is 9.12. The molecule has 1 aliphatic heterocycles. The molecule has 0 saturated carbocycles. The number of alkyl halides is 2. The molecule has 1 aromatic rings. The van der Waals surface area contributed by atoms with Crippen molar-refractivity contribution >= 4 is 23.6 Å². The maximum atomic E-state index is 12.7. The van der Waals surface area contributed by atoms with Gasteiger partial charge < -0.3 is 25.4 Å². The van der Waals surface area contributed by atoms with Crippen LogP contribution in [0.2, 0.25) is 0 Å². The molecule has 11 heteroatoms. The van der Waals surface area contributed by atoms with Crippen LogP contribution in [0.15, 0.2) is 24.3 Å². The molecule has 34 heavy (non-hydrogen) atoms. The number of ether oxygens (including phenoxy) is 2. The normalized spacial score (nSPS) is 17.6. The van der Waals surface area contributed by atoms with Crippen molar-refractivity contribution in [3.8, 4) is 5.75 Å². The van der Waals surface area contributed by atoms with Crippen LogP contribution in [0, 0.1) is 5.92 Å². The number of amides is 3. The topological polar surface area (TPSA) is 109 Å². The summed E-state index contributed by atoms with van der Waals surface area (Å²) in [6.45, 7) is 5.79. The zero-order chi connectivity index (χ0) is 25.3. The van der Waals surface area contributed by atoms with Crippen molar-refractivity contribution in [2.75, 3.05) is 31.5 Å². The van der Waals surface area contributed by atoms with Gasteiger partial charge in [0.1, 0.15) is 11.4 Å². The van der Waals surface area contributed by atoms with E-state index in [0.29, 0.717) is 25.2 Å². The third kappa shape index (κ3) is 9.50. The monoisotopic (exact) mass is 484 g/mol. The quantitative estimate of drug-likeness (QED) is 0.465. The number of benzene rings is 1. The maximum absolute atomic E-state index is 12.7. The highest BCUT2D eigenvalue weighted by molar-refractivity contribution is 5.94. The van der Waals surface area contributed by atoms with Crippen molar-refractivity contribution < 1.29 is 32.6 Å². The lowest BCUT2D eigenvalue weighted by Gasteiger charge is -2.35. The van der Waals surface area contributed by atoms with E-state index < -0.39 is 24.3 Å². The van der Waals surface area contributed by atoms with Crippen LogP contribution < -0.4 is 20.7 Å². The third-order valence-electron chi connectivity index (χ3n) is 5.19. The average molecular weight is 485 g/mol. The lowest BCUT2D eigenvalue weighted by Crippen LogP contribution is -2.50. The highest BCUT2D eigenvalue weighted by Crippen LogP contribution is 2.21. The SMILES string of the molecule is CC(C(=O)Nc1ccc(OC(F)F)cc1)N1CCCC(C(=O)NCCNC(=O)OC(C)(C)C)C1. The Balaban J connectivity index is 1.77. The second kappa shape index (κ2) is 12.5. The van der Waals surface area contributed by atoms with Gasteiger partial charge >= 0.3 is 12.7 Å². The molecule has 0 spiro atoms. The van der Waals surface area contributed by atoms with Crippen molar-refractivity contribution in [1.29, 1.82) is 0 Å². The van der Waals surface area contributed by atoms with Crippen LogP contribution >= 0.6 is 0 Å². The summed E-state index contributed by atoms with van der Waals surface area (Å²) >= 11 is 0. The minimum absolute atomic E-state index is 0.00669. The van der Waals surface area contributed by atoms with Gasteiger partial charge in [0.2, 0.25) is 11.8 Å². The first-order valence-corrected chi connectivity index (χ1v) is 11.3. The number of hydrogen-bond donors (Lipinski definition) is 3. The number of likely N-dealkylation sites (tertiary alicyclic amines) is 1. The molecule has 3 N–H and O–H groups in total. The molecule has 1 heterocycles. The van der Waals surface area contributed by atoms with Crippen molar-refractivity contribution in [2.24, 2.45) is 5.92 Å². The lowest BCUT2D eigenvalue weighted by atomic mass is 9.96.